The Bertz CT molecular complexity index is 913. The molecule has 1 amide bonds. The van der Waals surface area contributed by atoms with E-state index in [4.69, 9.17) is 4.74 Å². The van der Waals surface area contributed by atoms with Crippen LogP contribution in [0.3, 0.4) is 0 Å². The average Bonchev–Trinajstić information content (AvgIpc) is 2.97. The molecule has 0 radical (unpaired) electrons. The molecule has 0 aliphatic carbocycles. The van der Waals surface area contributed by atoms with E-state index in [0.29, 0.717) is 29.6 Å². The second kappa shape index (κ2) is 7.64. The maximum absolute atomic E-state index is 13.0. The molecule has 0 atom stereocenters. The maximum atomic E-state index is 13.0. The second-order valence-corrected chi connectivity index (χ2v) is 6.42. The highest BCUT2D eigenvalue weighted by atomic mass is 19.4. The molecule has 28 heavy (non-hydrogen) atoms. The summed E-state index contributed by atoms with van der Waals surface area (Å²) < 4.78 is 45.6. The van der Waals surface area contributed by atoms with Gasteiger partial charge in [-0.25, -0.2) is 14.5 Å². The van der Waals surface area contributed by atoms with E-state index in [9.17, 15) is 22.8 Å². The van der Waals surface area contributed by atoms with E-state index >= 15 is 0 Å². The molecular weight excluding hydrogens is 379 g/mol. The van der Waals surface area contributed by atoms with Crippen molar-refractivity contribution >= 4 is 5.91 Å². The fraction of sp³-hybridized carbons (Fsp3) is 0.529. The van der Waals surface area contributed by atoms with Gasteiger partial charge < -0.3 is 9.64 Å². The summed E-state index contributed by atoms with van der Waals surface area (Å²) in [6.45, 7) is 2.72. The van der Waals surface area contributed by atoms with Crippen LogP contribution in [0.4, 0.5) is 13.2 Å². The van der Waals surface area contributed by atoms with Crippen LogP contribution in [-0.2, 0) is 13.2 Å². The predicted octanol–water partition coefficient (Wildman–Crippen LogP) is 1.87. The molecule has 0 aromatic carbocycles. The molecule has 0 N–H and O–H groups in total. The highest BCUT2D eigenvalue weighted by molar-refractivity contribution is 5.96. The van der Waals surface area contributed by atoms with Crippen molar-refractivity contribution in [3.05, 3.63) is 40.2 Å². The van der Waals surface area contributed by atoms with Crippen LogP contribution in [0.1, 0.15) is 42.0 Å². The molecular formula is C17H20F3N5O3. The summed E-state index contributed by atoms with van der Waals surface area (Å²) in [7, 11) is 1.05. The molecule has 2 aromatic heterocycles. The van der Waals surface area contributed by atoms with E-state index in [1.165, 1.54) is 6.20 Å². The molecule has 0 saturated carbocycles. The molecule has 8 nitrogen and oxygen atoms in total. The van der Waals surface area contributed by atoms with E-state index in [1.54, 1.807) is 24.0 Å². The van der Waals surface area contributed by atoms with Crippen molar-refractivity contribution in [1.82, 2.24) is 24.2 Å². The predicted molar refractivity (Wildman–Crippen MR) is 92.1 cm³/mol. The molecule has 1 aliphatic heterocycles. The van der Waals surface area contributed by atoms with Gasteiger partial charge in [-0.1, -0.05) is 0 Å². The number of aromatic nitrogens is 4. The third kappa shape index (κ3) is 3.73. The van der Waals surface area contributed by atoms with Gasteiger partial charge in [0.05, 0.1) is 12.6 Å². The Morgan fingerprint density at radius 3 is 2.57 bits per heavy atom. The van der Waals surface area contributed by atoms with Gasteiger partial charge in [-0.2, -0.15) is 13.2 Å². The number of rotatable bonds is 4. The number of ether oxygens (including phenoxy) is 1. The van der Waals surface area contributed by atoms with Gasteiger partial charge in [0.15, 0.2) is 0 Å². The fourth-order valence-electron chi connectivity index (χ4n) is 3.23. The zero-order valence-electron chi connectivity index (χ0n) is 15.4. The molecule has 152 valence electrons. The standard InChI is InChI=1S/C17H20F3N5O3/c1-3-28-13-12(5-4-8-21-13)14(26)24-9-6-11(7-10-24)25-16(27)23(2)15(22-25)17(18,19)20/h4-5,8,11H,3,6-7,9-10H2,1-2H3. The highest BCUT2D eigenvalue weighted by Gasteiger charge is 2.39. The summed E-state index contributed by atoms with van der Waals surface area (Å²) in [4.78, 5) is 30.5. The molecule has 0 bridgehead atoms. The molecule has 1 fully saturated rings. The third-order valence-corrected chi connectivity index (χ3v) is 4.64. The molecule has 3 rings (SSSR count). The number of amides is 1. The first kappa shape index (κ1) is 19.9. The van der Waals surface area contributed by atoms with Gasteiger partial charge >= 0.3 is 11.9 Å². The van der Waals surface area contributed by atoms with Crippen molar-refractivity contribution in [3.8, 4) is 5.88 Å². The average molecular weight is 399 g/mol. The molecule has 1 aliphatic rings. The lowest BCUT2D eigenvalue weighted by Gasteiger charge is -2.31. The summed E-state index contributed by atoms with van der Waals surface area (Å²) >= 11 is 0. The quantitative estimate of drug-likeness (QED) is 0.784. The fourth-order valence-corrected chi connectivity index (χ4v) is 3.23. The Kier molecular flexibility index (Phi) is 5.43. The smallest absolute Gasteiger partial charge is 0.451 e. The lowest BCUT2D eigenvalue weighted by atomic mass is 10.0. The number of pyridine rings is 1. The largest absolute Gasteiger partial charge is 0.477 e. The first-order valence-corrected chi connectivity index (χ1v) is 8.83. The van der Waals surface area contributed by atoms with Gasteiger partial charge in [-0.15, -0.1) is 5.10 Å². The Morgan fingerprint density at radius 1 is 1.32 bits per heavy atom. The van der Waals surface area contributed by atoms with Crippen LogP contribution in [-0.4, -0.2) is 49.8 Å². The van der Waals surface area contributed by atoms with E-state index in [0.717, 1.165) is 11.7 Å². The highest BCUT2D eigenvalue weighted by Crippen LogP contribution is 2.28. The van der Waals surface area contributed by atoms with Gasteiger partial charge in [-0.05, 0) is 31.9 Å². The minimum Gasteiger partial charge on any atom is -0.477 e. The van der Waals surface area contributed by atoms with Crippen molar-refractivity contribution in [1.29, 1.82) is 0 Å². The number of carbonyl (C=O) groups excluding carboxylic acids is 1. The Morgan fingerprint density at radius 2 is 2.00 bits per heavy atom. The van der Waals surface area contributed by atoms with Crippen LogP contribution in [0.2, 0.25) is 0 Å². The van der Waals surface area contributed by atoms with Crippen LogP contribution in [0.25, 0.3) is 0 Å². The summed E-state index contributed by atoms with van der Waals surface area (Å²) in [6, 6.07) is 2.75. The monoisotopic (exact) mass is 399 g/mol. The molecule has 2 aromatic rings. The zero-order valence-corrected chi connectivity index (χ0v) is 15.4. The molecule has 0 spiro atoms. The van der Waals surface area contributed by atoms with Crippen molar-refractivity contribution in [2.75, 3.05) is 19.7 Å². The van der Waals surface area contributed by atoms with Gasteiger partial charge in [0.25, 0.3) is 5.91 Å². The summed E-state index contributed by atoms with van der Waals surface area (Å²) in [6.07, 6.45) is -2.53. The zero-order chi connectivity index (χ0) is 20.5. The normalized spacial score (nSPS) is 15.7. The van der Waals surface area contributed by atoms with Gasteiger partial charge in [-0.3, -0.25) is 9.36 Å². The Hall–Kier alpha value is -2.85. The number of carbonyl (C=O) groups is 1. The van der Waals surface area contributed by atoms with Crippen LogP contribution in [0, 0.1) is 0 Å². The van der Waals surface area contributed by atoms with E-state index < -0.39 is 23.7 Å². The van der Waals surface area contributed by atoms with Gasteiger partial charge in [0.2, 0.25) is 11.7 Å². The first-order valence-electron chi connectivity index (χ1n) is 8.83. The van der Waals surface area contributed by atoms with Crippen LogP contribution in [0.15, 0.2) is 23.1 Å². The third-order valence-electron chi connectivity index (χ3n) is 4.64. The van der Waals surface area contributed by atoms with Crippen molar-refractivity contribution in [3.63, 3.8) is 0 Å². The molecule has 11 heteroatoms. The number of nitrogens with zero attached hydrogens (tertiary/aromatic N) is 5. The second-order valence-electron chi connectivity index (χ2n) is 6.42. The van der Waals surface area contributed by atoms with E-state index in [-0.39, 0.29) is 24.9 Å². The molecule has 0 unspecified atom stereocenters. The number of likely N-dealkylation sites (tertiary alicyclic amines) is 1. The lowest BCUT2D eigenvalue weighted by Crippen LogP contribution is -2.41. The number of hydrogen-bond acceptors (Lipinski definition) is 5. The summed E-state index contributed by atoms with van der Waals surface area (Å²) in [5, 5.41) is 3.48. The maximum Gasteiger partial charge on any atom is 0.451 e. The first-order chi connectivity index (χ1) is 13.2. The number of piperidine rings is 1. The summed E-state index contributed by atoms with van der Waals surface area (Å²) in [5.41, 5.74) is -0.486. The van der Waals surface area contributed by atoms with Crippen molar-refractivity contribution < 1.29 is 22.7 Å². The number of hydrogen-bond donors (Lipinski definition) is 0. The van der Waals surface area contributed by atoms with E-state index in [1.807, 2.05) is 0 Å². The minimum absolute atomic E-state index is 0.243. The van der Waals surface area contributed by atoms with Gasteiger partial charge in [0, 0.05) is 26.3 Å². The Labute approximate surface area is 158 Å². The Balaban J connectivity index is 1.74. The van der Waals surface area contributed by atoms with E-state index in [2.05, 4.69) is 10.1 Å². The van der Waals surface area contributed by atoms with Crippen LogP contribution in [0.5, 0.6) is 5.88 Å². The summed E-state index contributed by atoms with van der Waals surface area (Å²) in [5.74, 6) is -1.25. The number of alkyl halides is 3. The van der Waals surface area contributed by atoms with Crippen LogP contribution < -0.4 is 10.4 Å². The van der Waals surface area contributed by atoms with Crippen molar-refractivity contribution in [2.24, 2.45) is 7.05 Å². The SMILES string of the molecule is CCOc1ncccc1C(=O)N1CCC(n2nc(C(F)(F)F)n(C)c2=O)CC1. The lowest BCUT2D eigenvalue weighted by molar-refractivity contribution is -0.147. The van der Waals surface area contributed by atoms with Crippen molar-refractivity contribution in [2.45, 2.75) is 32.0 Å². The molecule has 1 saturated heterocycles. The number of halogens is 3. The minimum atomic E-state index is -4.70. The topological polar surface area (TPSA) is 82.2 Å². The molecule has 3 heterocycles. The van der Waals surface area contributed by atoms with Gasteiger partial charge in [0.1, 0.15) is 5.56 Å². The van der Waals surface area contributed by atoms with Crippen LogP contribution >= 0.6 is 0 Å².